The zero-order chi connectivity index (χ0) is 11.7. The third kappa shape index (κ3) is 2.20. The van der Waals surface area contributed by atoms with Gasteiger partial charge < -0.3 is 9.32 Å². The molecule has 1 fully saturated rings. The Morgan fingerprint density at radius 3 is 2.94 bits per heavy atom. The topological polar surface area (TPSA) is 33.5 Å². The quantitative estimate of drug-likeness (QED) is 0.729. The number of halogens is 2. The summed E-state index contributed by atoms with van der Waals surface area (Å²) in [5.74, 6) is 0.235. The minimum Gasteiger partial charge on any atom is -0.452 e. The van der Waals surface area contributed by atoms with Crippen molar-refractivity contribution in [1.29, 1.82) is 0 Å². The number of furan rings is 1. The van der Waals surface area contributed by atoms with E-state index < -0.39 is 0 Å². The van der Waals surface area contributed by atoms with E-state index in [1.165, 1.54) is 6.26 Å². The lowest BCUT2D eigenvalue weighted by Gasteiger charge is -2.33. The van der Waals surface area contributed by atoms with Crippen LogP contribution in [0.15, 0.2) is 16.7 Å². The Kier molecular flexibility index (Phi) is 3.45. The van der Waals surface area contributed by atoms with Crippen LogP contribution in [0.4, 0.5) is 0 Å². The highest BCUT2D eigenvalue weighted by Gasteiger charge is 2.29. The Bertz CT molecular complexity index is 391. The molecule has 0 saturated carbocycles. The summed E-state index contributed by atoms with van der Waals surface area (Å²) in [5, 5.41) is 0.314. The fourth-order valence-corrected chi connectivity index (χ4v) is 2.29. The molecular formula is C11H13Cl2NO2. The van der Waals surface area contributed by atoms with Crippen LogP contribution in [0.1, 0.15) is 23.7 Å². The van der Waals surface area contributed by atoms with E-state index in [4.69, 9.17) is 27.6 Å². The number of piperidine rings is 1. The summed E-state index contributed by atoms with van der Waals surface area (Å²) >= 11 is 11.9. The monoisotopic (exact) mass is 261 g/mol. The van der Waals surface area contributed by atoms with Gasteiger partial charge in [-0.2, -0.15) is 0 Å². The van der Waals surface area contributed by atoms with Crippen molar-refractivity contribution >= 4 is 29.1 Å². The van der Waals surface area contributed by atoms with Crippen molar-refractivity contribution in [2.45, 2.75) is 18.7 Å². The summed E-state index contributed by atoms with van der Waals surface area (Å²) in [4.78, 5) is 13.9. The predicted octanol–water partition coefficient (Wildman–Crippen LogP) is 3.02. The fraction of sp³-hybridized carbons (Fsp3) is 0.545. The zero-order valence-electron chi connectivity index (χ0n) is 8.95. The highest BCUT2D eigenvalue weighted by atomic mass is 35.5. The van der Waals surface area contributed by atoms with Crippen molar-refractivity contribution in [2.75, 3.05) is 13.1 Å². The van der Waals surface area contributed by atoms with Gasteiger partial charge in [-0.15, -0.1) is 11.6 Å². The normalized spacial score (nSPS) is 25.8. The molecule has 0 bridgehead atoms. The first-order valence-electron chi connectivity index (χ1n) is 5.26. The predicted molar refractivity (Wildman–Crippen MR) is 63.0 cm³/mol. The van der Waals surface area contributed by atoms with Gasteiger partial charge in [0.25, 0.3) is 5.91 Å². The third-order valence-electron chi connectivity index (χ3n) is 2.94. The lowest BCUT2D eigenvalue weighted by atomic mass is 9.99. The molecule has 1 aliphatic heterocycles. The lowest BCUT2D eigenvalue weighted by Crippen LogP contribution is -2.43. The maximum atomic E-state index is 12.1. The van der Waals surface area contributed by atoms with Gasteiger partial charge in [0.05, 0.1) is 11.8 Å². The van der Waals surface area contributed by atoms with E-state index in [1.54, 1.807) is 11.0 Å². The van der Waals surface area contributed by atoms with Gasteiger partial charge in [-0.05, 0) is 30.0 Å². The molecule has 2 rings (SSSR count). The Hall–Kier alpha value is -0.670. The van der Waals surface area contributed by atoms with Crippen LogP contribution < -0.4 is 0 Å². The van der Waals surface area contributed by atoms with Crippen molar-refractivity contribution < 1.29 is 9.21 Å². The molecule has 1 saturated heterocycles. The minimum absolute atomic E-state index is 0.0748. The smallest absolute Gasteiger partial charge is 0.258 e. The van der Waals surface area contributed by atoms with Gasteiger partial charge in [0, 0.05) is 18.5 Å². The van der Waals surface area contributed by atoms with Crippen LogP contribution in [-0.2, 0) is 0 Å². The van der Waals surface area contributed by atoms with E-state index in [-0.39, 0.29) is 16.5 Å². The molecule has 1 aliphatic rings. The Labute approximate surface area is 104 Å². The molecule has 0 spiro atoms. The first kappa shape index (κ1) is 11.8. The van der Waals surface area contributed by atoms with Crippen LogP contribution in [0.3, 0.4) is 0 Å². The standard InChI is InChI=1S/C11H13Cl2NO2/c1-7-6-14(4-2-9(7)12)11(15)8-3-5-16-10(8)13/h3,5,7,9H,2,4,6H2,1H3. The first-order chi connectivity index (χ1) is 7.59. The number of rotatable bonds is 1. The van der Waals surface area contributed by atoms with E-state index in [0.717, 1.165) is 6.42 Å². The summed E-state index contributed by atoms with van der Waals surface area (Å²) in [6, 6.07) is 1.60. The number of amides is 1. The fourth-order valence-electron chi connectivity index (χ4n) is 1.92. The molecule has 0 aromatic carbocycles. The molecule has 0 N–H and O–H groups in total. The van der Waals surface area contributed by atoms with Crippen LogP contribution in [0.25, 0.3) is 0 Å². The zero-order valence-corrected chi connectivity index (χ0v) is 10.5. The van der Waals surface area contributed by atoms with Crippen molar-refractivity contribution in [3.8, 4) is 0 Å². The average Bonchev–Trinajstić information content (AvgIpc) is 2.67. The molecule has 88 valence electrons. The SMILES string of the molecule is CC1CN(C(=O)c2ccoc2Cl)CCC1Cl. The highest BCUT2D eigenvalue weighted by molar-refractivity contribution is 6.32. The molecule has 0 radical (unpaired) electrons. The van der Waals surface area contributed by atoms with Gasteiger partial charge in [-0.1, -0.05) is 6.92 Å². The van der Waals surface area contributed by atoms with E-state index in [9.17, 15) is 4.79 Å². The van der Waals surface area contributed by atoms with Gasteiger partial charge in [-0.3, -0.25) is 4.79 Å². The number of nitrogens with zero attached hydrogens (tertiary/aromatic N) is 1. The summed E-state index contributed by atoms with van der Waals surface area (Å²) in [7, 11) is 0. The molecule has 3 nitrogen and oxygen atoms in total. The van der Waals surface area contributed by atoms with Gasteiger partial charge in [0.1, 0.15) is 0 Å². The molecule has 16 heavy (non-hydrogen) atoms. The number of likely N-dealkylation sites (tertiary alicyclic amines) is 1. The van der Waals surface area contributed by atoms with Crippen LogP contribution in [0.5, 0.6) is 0 Å². The van der Waals surface area contributed by atoms with E-state index >= 15 is 0 Å². The highest BCUT2D eigenvalue weighted by Crippen LogP contribution is 2.25. The number of carbonyl (C=O) groups excluding carboxylic acids is 1. The molecule has 5 heteroatoms. The second-order valence-corrected chi connectivity index (χ2v) is 5.04. The molecule has 1 amide bonds. The van der Waals surface area contributed by atoms with Gasteiger partial charge in [-0.25, -0.2) is 0 Å². The van der Waals surface area contributed by atoms with Crippen LogP contribution in [-0.4, -0.2) is 29.3 Å². The molecule has 2 unspecified atom stereocenters. The Morgan fingerprint density at radius 2 is 2.38 bits per heavy atom. The second-order valence-electron chi connectivity index (χ2n) is 4.14. The van der Waals surface area contributed by atoms with Crippen LogP contribution >= 0.6 is 23.2 Å². The molecular weight excluding hydrogens is 249 g/mol. The number of hydrogen-bond acceptors (Lipinski definition) is 2. The van der Waals surface area contributed by atoms with E-state index in [2.05, 4.69) is 0 Å². The summed E-state index contributed by atoms with van der Waals surface area (Å²) < 4.78 is 4.92. The second kappa shape index (κ2) is 4.68. The Balaban J connectivity index is 2.09. The van der Waals surface area contributed by atoms with Crippen molar-refractivity contribution in [3.05, 3.63) is 23.1 Å². The van der Waals surface area contributed by atoms with Gasteiger partial charge in [0.2, 0.25) is 5.22 Å². The van der Waals surface area contributed by atoms with E-state index in [0.29, 0.717) is 24.6 Å². The molecule has 1 aromatic heterocycles. The van der Waals surface area contributed by atoms with E-state index in [1.807, 2.05) is 6.92 Å². The minimum atomic E-state index is -0.0748. The van der Waals surface area contributed by atoms with Crippen molar-refractivity contribution in [2.24, 2.45) is 5.92 Å². The first-order valence-corrected chi connectivity index (χ1v) is 6.07. The third-order valence-corrected chi connectivity index (χ3v) is 3.88. The summed E-state index contributed by atoms with van der Waals surface area (Å²) in [6.07, 6.45) is 2.25. The maximum absolute atomic E-state index is 12.1. The van der Waals surface area contributed by atoms with Crippen molar-refractivity contribution in [1.82, 2.24) is 4.90 Å². The molecule has 1 aromatic rings. The number of alkyl halides is 1. The van der Waals surface area contributed by atoms with Crippen LogP contribution in [0, 0.1) is 5.92 Å². The molecule has 0 aliphatic carbocycles. The van der Waals surface area contributed by atoms with Crippen LogP contribution in [0.2, 0.25) is 5.22 Å². The number of carbonyl (C=O) groups is 1. The summed E-state index contributed by atoms with van der Waals surface area (Å²) in [5.41, 5.74) is 0.432. The van der Waals surface area contributed by atoms with Crippen molar-refractivity contribution in [3.63, 3.8) is 0 Å². The maximum Gasteiger partial charge on any atom is 0.258 e. The lowest BCUT2D eigenvalue weighted by molar-refractivity contribution is 0.0686. The number of hydrogen-bond donors (Lipinski definition) is 0. The molecule has 2 atom stereocenters. The largest absolute Gasteiger partial charge is 0.452 e. The average molecular weight is 262 g/mol. The van der Waals surface area contributed by atoms with Gasteiger partial charge in [0.15, 0.2) is 0 Å². The molecule has 2 heterocycles. The Morgan fingerprint density at radius 1 is 1.62 bits per heavy atom. The summed E-state index contributed by atoms with van der Waals surface area (Å²) in [6.45, 7) is 3.40. The van der Waals surface area contributed by atoms with Gasteiger partial charge >= 0.3 is 0 Å².